The first-order valence-electron chi connectivity index (χ1n) is 11.9. The van der Waals surface area contributed by atoms with Crippen LogP contribution in [0.2, 0.25) is 5.02 Å². The molecule has 1 heterocycles. The first kappa shape index (κ1) is 27.1. The maximum absolute atomic E-state index is 13.1. The second-order valence-corrected chi connectivity index (χ2v) is 13.3. The predicted molar refractivity (Wildman–Crippen MR) is 152 cm³/mol. The van der Waals surface area contributed by atoms with E-state index in [0.29, 0.717) is 32.8 Å². The van der Waals surface area contributed by atoms with Crippen LogP contribution >= 0.6 is 11.6 Å². The maximum Gasteiger partial charge on any atom is 0.238 e. The molecule has 7 nitrogen and oxygen atoms in total. The van der Waals surface area contributed by atoms with Gasteiger partial charge in [0.05, 0.1) is 9.79 Å². The number of rotatable bonds is 7. The Kier molecular flexibility index (Phi) is 7.11. The zero-order valence-electron chi connectivity index (χ0n) is 20.9. The van der Waals surface area contributed by atoms with Gasteiger partial charge in [-0.1, -0.05) is 72.3 Å². The number of sulfonamides is 1. The van der Waals surface area contributed by atoms with Gasteiger partial charge in [-0.05, 0) is 64.6 Å². The highest BCUT2D eigenvalue weighted by molar-refractivity contribution is 7.90. The minimum atomic E-state index is -4.21. The lowest BCUT2D eigenvalue weighted by Crippen LogP contribution is -2.30. The second-order valence-electron chi connectivity index (χ2n) is 9.39. The van der Waals surface area contributed by atoms with Gasteiger partial charge in [-0.25, -0.2) is 27.0 Å². The minimum Gasteiger partial charge on any atom is -0.480 e. The van der Waals surface area contributed by atoms with E-state index in [9.17, 15) is 16.8 Å². The van der Waals surface area contributed by atoms with E-state index in [1.807, 2.05) is 48.5 Å². The van der Waals surface area contributed by atoms with Crippen molar-refractivity contribution in [1.82, 2.24) is 0 Å². The molecule has 200 valence electrons. The second kappa shape index (κ2) is 10.2. The molecule has 0 fully saturated rings. The molecule has 4 aromatic carbocycles. The van der Waals surface area contributed by atoms with E-state index < -0.39 is 25.4 Å². The first-order valence-corrected chi connectivity index (χ1v) is 15.8. The molecule has 1 unspecified atom stereocenters. The van der Waals surface area contributed by atoms with Crippen molar-refractivity contribution in [2.24, 2.45) is 10.1 Å². The highest BCUT2D eigenvalue weighted by atomic mass is 35.5. The summed E-state index contributed by atoms with van der Waals surface area (Å²) in [6.45, 7) is 0.0963. The van der Waals surface area contributed by atoms with Gasteiger partial charge in [0.25, 0.3) is 0 Å². The van der Waals surface area contributed by atoms with E-state index in [0.717, 1.165) is 11.8 Å². The standard InChI is InChI=1S/C29H25ClN2O5S2/c1-38(33,34)23-13-11-21(12-14-23)22-16-26(29(18-37-19-32-29)25-9-5-6-10-27(25)30)24(28(17-22)39(31,35)36)15-20-7-3-2-4-8-20/h2-14,16-17,19H,15,18H2,1H3,(H2,31,35,36). The largest absolute Gasteiger partial charge is 0.480 e. The number of benzene rings is 4. The van der Waals surface area contributed by atoms with Gasteiger partial charge in [-0.3, -0.25) is 0 Å². The smallest absolute Gasteiger partial charge is 0.238 e. The van der Waals surface area contributed by atoms with Gasteiger partial charge in [0, 0.05) is 16.8 Å². The summed E-state index contributed by atoms with van der Waals surface area (Å²) in [5.41, 5.74) is 2.57. The van der Waals surface area contributed by atoms with Crippen LogP contribution in [0.25, 0.3) is 11.1 Å². The summed E-state index contributed by atoms with van der Waals surface area (Å²) in [5.74, 6) is 0. The summed E-state index contributed by atoms with van der Waals surface area (Å²) in [5, 5.41) is 6.27. The molecule has 0 aromatic heterocycles. The molecule has 1 aliphatic rings. The summed E-state index contributed by atoms with van der Waals surface area (Å²) >= 11 is 6.67. The third-order valence-electron chi connectivity index (χ3n) is 6.76. The summed E-state index contributed by atoms with van der Waals surface area (Å²) < 4.78 is 55.8. The molecular formula is C29H25ClN2O5S2. The van der Waals surface area contributed by atoms with Gasteiger partial charge in [-0.15, -0.1) is 0 Å². The number of hydrogen-bond donors (Lipinski definition) is 1. The molecule has 0 radical (unpaired) electrons. The third-order valence-corrected chi connectivity index (χ3v) is 9.20. The van der Waals surface area contributed by atoms with Crippen molar-refractivity contribution >= 4 is 37.9 Å². The molecule has 1 atom stereocenters. The Morgan fingerprint density at radius 2 is 1.54 bits per heavy atom. The molecule has 39 heavy (non-hydrogen) atoms. The molecule has 5 rings (SSSR count). The number of nitrogens with zero attached hydrogens (tertiary/aromatic N) is 1. The average Bonchev–Trinajstić information content (AvgIpc) is 3.39. The minimum absolute atomic E-state index is 0.0560. The van der Waals surface area contributed by atoms with E-state index in [1.165, 1.54) is 24.6 Å². The predicted octanol–water partition coefficient (Wildman–Crippen LogP) is 4.95. The summed E-state index contributed by atoms with van der Waals surface area (Å²) in [6, 6.07) is 26.3. The molecule has 0 aliphatic carbocycles. The van der Waals surface area contributed by atoms with Gasteiger partial charge in [0.15, 0.2) is 16.2 Å². The molecule has 0 saturated heterocycles. The van der Waals surface area contributed by atoms with Crippen LogP contribution in [0.5, 0.6) is 0 Å². The van der Waals surface area contributed by atoms with Crippen LogP contribution < -0.4 is 5.14 Å². The highest BCUT2D eigenvalue weighted by Crippen LogP contribution is 2.45. The van der Waals surface area contributed by atoms with Gasteiger partial charge >= 0.3 is 0 Å². The van der Waals surface area contributed by atoms with Gasteiger partial charge in [-0.2, -0.15) is 0 Å². The molecular weight excluding hydrogens is 556 g/mol. The Labute approximate surface area is 232 Å². The maximum atomic E-state index is 13.1. The number of hydrogen-bond acceptors (Lipinski definition) is 6. The molecule has 4 aromatic rings. The van der Waals surface area contributed by atoms with Crippen molar-refractivity contribution in [2.45, 2.75) is 21.8 Å². The molecule has 2 N–H and O–H groups in total. The van der Waals surface area contributed by atoms with Gasteiger partial charge in [0.1, 0.15) is 12.1 Å². The van der Waals surface area contributed by atoms with Crippen LogP contribution in [-0.4, -0.2) is 36.1 Å². The lowest BCUT2D eigenvalue weighted by Gasteiger charge is -2.30. The van der Waals surface area contributed by atoms with Crippen LogP contribution in [0, 0.1) is 0 Å². The Balaban J connectivity index is 1.84. The molecule has 0 bridgehead atoms. The number of halogens is 1. The van der Waals surface area contributed by atoms with Crippen molar-refractivity contribution < 1.29 is 21.6 Å². The van der Waals surface area contributed by atoms with Crippen molar-refractivity contribution in [3.8, 4) is 11.1 Å². The van der Waals surface area contributed by atoms with E-state index in [4.69, 9.17) is 26.5 Å². The number of primary sulfonamides is 1. The lowest BCUT2D eigenvalue weighted by atomic mass is 9.79. The Bertz CT molecular complexity index is 1790. The van der Waals surface area contributed by atoms with E-state index >= 15 is 0 Å². The topological polar surface area (TPSA) is 116 Å². The van der Waals surface area contributed by atoms with E-state index in [2.05, 4.69) is 0 Å². The zero-order chi connectivity index (χ0) is 27.8. The first-order chi connectivity index (χ1) is 18.5. The van der Waals surface area contributed by atoms with E-state index in [-0.39, 0.29) is 22.8 Å². The van der Waals surface area contributed by atoms with Crippen molar-refractivity contribution in [2.75, 3.05) is 12.9 Å². The van der Waals surface area contributed by atoms with Crippen LogP contribution in [0.3, 0.4) is 0 Å². The van der Waals surface area contributed by atoms with Crippen LogP contribution in [0.1, 0.15) is 22.3 Å². The van der Waals surface area contributed by atoms with Crippen molar-refractivity contribution in [1.29, 1.82) is 0 Å². The summed E-state index contributed by atoms with van der Waals surface area (Å²) in [4.78, 5) is 4.83. The summed E-state index contributed by atoms with van der Waals surface area (Å²) in [6.07, 6.45) is 2.74. The Morgan fingerprint density at radius 3 is 2.13 bits per heavy atom. The average molecular weight is 581 g/mol. The third kappa shape index (κ3) is 5.35. The number of sulfone groups is 1. The van der Waals surface area contributed by atoms with Crippen LogP contribution in [-0.2, 0) is 36.6 Å². The highest BCUT2D eigenvalue weighted by Gasteiger charge is 2.42. The number of nitrogens with two attached hydrogens (primary N) is 1. The molecule has 10 heteroatoms. The fourth-order valence-corrected chi connectivity index (χ4v) is 6.61. The number of aliphatic imine (C=N–C) groups is 1. The molecule has 1 aliphatic heterocycles. The van der Waals surface area contributed by atoms with Crippen LogP contribution in [0.15, 0.2) is 106 Å². The van der Waals surface area contributed by atoms with Crippen molar-refractivity contribution in [3.05, 3.63) is 118 Å². The van der Waals surface area contributed by atoms with Gasteiger partial charge in [0.2, 0.25) is 10.0 Å². The zero-order valence-corrected chi connectivity index (χ0v) is 23.3. The Hall–Kier alpha value is -3.50. The van der Waals surface area contributed by atoms with Crippen molar-refractivity contribution in [3.63, 3.8) is 0 Å². The Morgan fingerprint density at radius 1 is 0.872 bits per heavy atom. The fraction of sp³-hybridized carbons (Fsp3) is 0.138. The quantitative estimate of drug-likeness (QED) is 0.332. The summed E-state index contributed by atoms with van der Waals surface area (Å²) in [7, 11) is -7.62. The normalized spacial score (nSPS) is 17.2. The monoisotopic (exact) mass is 580 g/mol. The fourth-order valence-electron chi connectivity index (χ4n) is 4.87. The number of ether oxygens (including phenoxy) is 1. The molecule has 0 amide bonds. The molecule has 0 spiro atoms. The van der Waals surface area contributed by atoms with Gasteiger partial charge < -0.3 is 4.74 Å². The SMILES string of the molecule is CS(=O)(=O)c1ccc(-c2cc(C3(c4ccccc4Cl)COC=N3)c(Cc3ccccc3)c(S(N)(=O)=O)c2)cc1. The molecule has 0 saturated carbocycles. The van der Waals surface area contributed by atoms with E-state index in [1.54, 1.807) is 24.3 Å². The lowest BCUT2D eigenvalue weighted by molar-refractivity contribution is 0.289. The van der Waals surface area contributed by atoms with Crippen LogP contribution in [0.4, 0.5) is 0 Å².